The van der Waals surface area contributed by atoms with Crippen molar-refractivity contribution >= 4 is 56.7 Å². The number of nitrogen functional groups attached to an aromatic ring is 1. The average molecular weight is 556 g/mol. The van der Waals surface area contributed by atoms with Crippen molar-refractivity contribution in [1.29, 1.82) is 0 Å². The maximum absolute atomic E-state index is 13.3. The summed E-state index contributed by atoms with van der Waals surface area (Å²) in [6.45, 7) is 8.17. The normalized spacial score (nSPS) is 14.6. The first-order valence-electron chi connectivity index (χ1n) is 11.9. The summed E-state index contributed by atoms with van der Waals surface area (Å²) < 4.78 is 1.54. The molecule has 0 bridgehead atoms. The van der Waals surface area contributed by atoms with Gasteiger partial charge in [0.15, 0.2) is 5.69 Å². The number of carboxylic acid groups (broad SMARTS) is 1. The Morgan fingerprint density at radius 3 is 2.45 bits per heavy atom. The molecular formula is C24H26ClN9O3S. The van der Waals surface area contributed by atoms with Gasteiger partial charge < -0.3 is 26.1 Å². The van der Waals surface area contributed by atoms with Crippen LogP contribution in [-0.4, -0.2) is 61.9 Å². The zero-order valence-electron chi connectivity index (χ0n) is 21.0. The Kier molecular flexibility index (Phi) is 6.80. The number of hydrogen-bond donors (Lipinski definition) is 3. The van der Waals surface area contributed by atoms with Gasteiger partial charge in [0.25, 0.3) is 5.56 Å². The van der Waals surface area contributed by atoms with Gasteiger partial charge in [-0.3, -0.25) is 4.79 Å². The maximum atomic E-state index is 13.3. The molecule has 1 aliphatic heterocycles. The number of halogens is 1. The fourth-order valence-corrected chi connectivity index (χ4v) is 5.84. The molecule has 4 aromatic rings. The minimum absolute atomic E-state index is 0.0848. The van der Waals surface area contributed by atoms with Crippen molar-refractivity contribution in [3.63, 3.8) is 0 Å². The van der Waals surface area contributed by atoms with E-state index in [1.54, 1.807) is 18.5 Å². The number of aromatic nitrogens is 5. The number of rotatable bonds is 6. The van der Waals surface area contributed by atoms with E-state index >= 15 is 0 Å². The lowest BCUT2D eigenvalue weighted by molar-refractivity contribution is 0.0691. The molecule has 1 aliphatic rings. The first-order chi connectivity index (χ1) is 18.1. The molecular weight excluding hydrogens is 530 g/mol. The lowest BCUT2D eigenvalue weighted by atomic mass is 10.1. The molecule has 0 saturated carbocycles. The number of aromatic carboxylic acids is 1. The molecule has 4 aromatic heterocycles. The highest BCUT2D eigenvalue weighted by molar-refractivity contribution is 7.19. The summed E-state index contributed by atoms with van der Waals surface area (Å²) in [4.78, 5) is 47.5. The number of carbonyl (C=O) groups is 1. The lowest BCUT2D eigenvalue weighted by Crippen LogP contribution is -2.49. The molecule has 5 rings (SSSR count). The third kappa shape index (κ3) is 4.70. The number of hydrogen-bond acceptors (Lipinski definition) is 11. The SMILES string of the molecule is Cc1cnc(N2CCN(c3nc4c(C(C)Nc5ccc(Cl)nc5C(=O)O)c(C)sc4c(=O)n3N)CC2)nc1. The largest absolute Gasteiger partial charge is 0.476 e. The second-order valence-corrected chi connectivity index (χ2v) is 10.7. The number of anilines is 3. The Labute approximate surface area is 226 Å². The van der Waals surface area contributed by atoms with E-state index in [1.165, 1.54) is 17.4 Å². The van der Waals surface area contributed by atoms with Crippen LogP contribution in [-0.2, 0) is 0 Å². The zero-order valence-corrected chi connectivity index (χ0v) is 22.5. The first-order valence-corrected chi connectivity index (χ1v) is 13.1. The Morgan fingerprint density at radius 1 is 1.13 bits per heavy atom. The summed E-state index contributed by atoms with van der Waals surface area (Å²) in [6.07, 6.45) is 3.58. The van der Waals surface area contributed by atoms with Gasteiger partial charge in [-0.2, -0.15) is 4.68 Å². The van der Waals surface area contributed by atoms with E-state index in [4.69, 9.17) is 22.4 Å². The van der Waals surface area contributed by atoms with Crippen molar-refractivity contribution in [3.8, 4) is 0 Å². The number of nitrogens with zero attached hydrogens (tertiary/aromatic N) is 7. The van der Waals surface area contributed by atoms with Gasteiger partial charge in [0.1, 0.15) is 9.85 Å². The second-order valence-electron chi connectivity index (χ2n) is 9.07. The van der Waals surface area contributed by atoms with Gasteiger partial charge >= 0.3 is 5.97 Å². The smallest absolute Gasteiger partial charge is 0.356 e. The molecule has 0 radical (unpaired) electrons. The predicted molar refractivity (Wildman–Crippen MR) is 148 cm³/mol. The van der Waals surface area contributed by atoms with Gasteiger partial charge in [0, 0.05) is 49.0 Å². The molecule has 5 heterocycles. The summed E-state index contributed by atoms with van der Waals surface area (Å²) in [7, 11) is 0. The van der Waals surface area contributed by atoms with Crippen LogP contribution in [0.25, 0.3) is 10.2 Å². The van der Waals surface area contributed by atoms with E-state index in [-0.39, 0.29) is 22.4 Å². The molecule has 4 N–H and O–H groups in total. The minimum atomic E-state index is -1.20. The molecule has 1 atom stereocenters. The fraction of sp³-hybridized carbons (Fsp3) is 0.333. The number of aryl methyl sites for hydroxylation is 2. The molecule has 0 aliphatic carbocycles. The summed E-state index contributed by atoms with van der Waals surface area (Å²) in [6, 6.07) is 2.71. The maximum Gasteiger partial charge on any atom is 0.356 e. The first kappa shape index (κ1) is 25.7. The average Bonchev–Trinajstić information content (AvgIpc) is 3.23. The highest BCUT2D eigenvalue weighted by Gasteiger charge is 2.27. The Hall–Kier alpha value is -3.97. The summed E-state index contributed by atoms with van der Waals surface area (Å²) in [5.74, 6) is 6.07. The van der Waals surface area contributed by atoms with Crippen LogP contribution in [0.3, 0.4) is 0 Å². The quantitative estimate of drug-likeness (QED) is 0.237. The Bertz CT molecular complexity index is 1580. The molecule has 1 saturated heterocycles. The van der Waals surface area contributed by atoms with Crippen molar-refractivity contribution in [2.24, 2.45) is 0 Å². The summed E-state index contributed by atoms with van der Waals surface area (Å²) in [5.41, 5.74) is 2.12. The topological polar surface area (TPSA) is 155 Å². The van der Waals surface area contributed by atoms with E-state index in [0.29, 0.717) is 54.0 Å². The van der Waals surface area contributed by atoms with Crippen LogP contribution < -0.4 is 26.5 Å². The van der Waals surface area contributed by atoms with Crippen molar-refractivity contribution in [1.82, 2.24) is 24.6 Å². The standard InChI is InChI=1S/C24H26ClN9O3S/c1-12-10-27-23(28-11-12)32-6-8-33(9-7-32)24-31-19-17(14(3)38-20(19)21(35)34(24)26)13(2)29-15-4-5-16(25)30-18(15)22(36)37/h4-5,10-11,13,29H,6-9,26H2,1-3H3,(H,36,37). The molecule has 0 aromatic carbocycles. The molecule has 38 heavy (non-hydrogen) atoms. The molecule has 0 amide bonds. The molecule has 198 valence electrons. The van der Waals surface area contributed by atoms with Gasteiger partial charge in [0.2, 0.25) is 11.9 Å². The van der Waals surface area contributed by atoms with E-state index in [1.807, 2.05) is 25.7 Å². The van der Waals surface area contributed by atoms with Crippen LogP contribution in [0.4, 0.5) is 17.6 Å². The third-order valence-corrected chi connectivity index (χ3v) is 7.74. The highest BCUT2D eigenvalue weighted by atomic mass is 35.5. The molecule has 12 nitrogen and oxygen atoms in total. The number of nitrogens with two attached hydrogens (primary N) is 1. The van der Waals surface area contributed by atoms with Gasteiger partial charge in [-0.05, 0) is 38.5 Å². The monoisotopic (exact) mass is 555 g/mol. The predicted octanol–water partition coefficient (Wildman–Crippen LogP) is 2.82. The van der Waals surface area contributed by atoms with Crippen LogP contribution in [0.15, 0.2) is 29.3 Å². The van der Waals surface area contributed by atoms with Crippen molar-refractivity contribution < 1.29 is 9.90 Å². The Balaban J connectivity index is 1.46. The van der Waals surface area contributed by atoms with Crippen LogP contribution in [0.5, 0.6) is 0 Å². The summed E-state index contributed by atoms with van der Waals surface area (Å²) >= 11 is 7.21. The van der Waals surface area contributed by atoms with Crippen LogP contribution in [0.2, 0.25) is 5.15 Å². The van der Waals surface area contributed by atoms with Crippen molar-refractivity contribution in [2.75, 3.05) is 47.1 Å². The van der Waals surface area contributed by atoms with Gasteiger partial charge in [-0.1, -0.05) is 11.6 Å². The van der Waals surface area contributed by atoms with Crippen molar-refractivity contribution in [2.45, 2.75) is 26.8 Å². The molecule has 1 fully saturated rings. The summed E-state index contributed by atoms with van der Waals surface area (Å²) in [5, 5.41) is 12.9. The van der Waals surface area contributed by atoms with E-state index < -0.39 is 5.97 Å². The van der Waals surface area contributed by atoms with E-state index in [2.05, 4.69) is 25.2 Å². The molecule has 14 heteroatoms. The number of fused-ring (bicyclic) bond motifs is 1. The number of carboxylic acids is 1. The van der Waals surface area contributed by atoms with Crippen LogP contribution in [0.1, 0.15) is 39.5 Å². The second kappa shape index (κ2) is 10.1. The number of pyridine rings is 1. The highest BCUT2D eigenvalue weighted by Crippen LogP contribution is 2.35. The number of thiophene rings is 1. The van der Waals surface area contributed by atoms with Crippen LogP contribution >= 0.6 is 22.9 Å². The van der Waals surface area contributed by atoms with Crippen LogP contribution in [0, 0.1) is 13.8 Å². The third-order valence-electron chi connectivity index (χ3n) is 6.43. The van der Waals surface area contributed by atoms with Gasteiger partial charge in [-0.15, -0.1) is 11.3 Å². The number of piperazine rings is 1. The Morgan fingerprint density at radius 2 is 1.79 bits per heavy atom. The van der Waals surface area contributed by atoms with Gasteiger partial charge in [-0.25, -0.2) is 24.7 Å². The van der Waals surface area contributed by atoms with E-state index in [9.17, 15) is 14.7 Å². The molecule has 1 unspecified atom stereocenters. The number of nitrogens with one attached hydrogen (secondary N) is 1. The van der Waals surface area contributed by atoms with Gasteiger partial charge in [0.05, 0.1) is 17.2 Å². The lowest BCUT2D eigenvalue weighted by Gasteiger charge is -2.35. The van der Waals surface area contributed by atoms with Crippen molar-refractivity contribution in [3.05, 3.63) is 61.7 Å². The fourth-order valence-electron chi connectivity index (χ4n) is 4.56. The zero-order chi connectivity index (χ0) is 27.1. The minimum Gasteiger partial charge on any atom is -0.476 e. The molecule has 0 spiro atoms. The van der Waals surface area contributed by atoms with E-state index in [0.717, 1.165) is 20.7 Å².